The lowest BCUT2D eigenvalue weighted by molar-refractivity contribution is -0.0969. The summed E-state index contributed by atoms with van der Waals surface area (Å²) in [7, 11) is 0. The molecule has 1 aliphatic rings. The normalized spacial score (nSPS) is 13.7. The summed E-state index contributed by atoms with van der Waals surface area (Å²) in [4.78, 5) is 52.7. The monoisotopic (exact) mass is 554 g/mol. The molecule has 1 unspecified atom stereocenters. The van der Waals surface area contributed by atoms with Gasteiger partial charge < -0.3 is 5.32 Å². The van der Waals surface area contributed by atoms with Crippen LogP contribution in [0.15, 0.2) is 58.3 Å². The van der Waals surface area contributed by atoms with Crippen molar-refractivity contribution in [2.75, 3.05) is 12.9 Å². The number of carbonyl (C=O) groups excluding carboxylic acids is 3. The van der Waals surface area contributed by atoms with Gasteiger partial charge in [-0.25, -0.2) is 9.97 Å². The number of benzene rings is 2. The summed E-state index contributed by atoms with van der Waals surface area (Å²) in [6.07, 6.45) is 3.78. The van der Waals surface area contributed by atoms with Gasteiger partial charge in [-0.05, 0) is 65.7 Å². The lowest BCUT2D eigenvalue weighted by Crippen LogP contribution is -2.43. The van der Waals surface area contributed by atoms with E-state index in [0.717, 1.165) is 21.8 Å². The number of hydrogen-bond donors (Lipinski definition) is 1. The van der Waals surface area contributed by atoms with E-state index in [9.17, 15) is 14.4 Å². The van der Waals surface area contributed by atoms with Gasteiger partial charge in [-0.3, -0.25) is 19.2 Å². The van der Waals surface area contributed by atoms with E-state index < -0.39 is 23.8 Å². The molecule has 1 atom stereocenters. The van der Waals surface area contributed by atoms with E-state index in [4.69, 9.17) is 4.84 Å². The Hall–Kier alpha value is -3.08. The van der Waals surface area contributed by atoms with Gasteiger partial charge in [0.05, 0.1) is 28.2 Å². The molecule has 0 fully saturated rings. The second-order valence-electron chi connectivity index (χ2n) is 8.10. The van der Waals surface area contributed by atoms with Gasteiger partial charge in [-0.2, -0.15) is 0 Å². The number of imide groups is 1. The Morgan fingerprint density at radius 2 is 1.83 bits per heavy atom. The van der Waals surface area contributed by atoms with Crippen molar-refractivity contribution in [3.8, 4) is 0 Å². The van der Waals surface area contributed by atoms with Crippen molar-refractivity contribution in [2.24, 2.45) is 0 Å². The van der Waals surface area contributed by atoms with Crippen molar-refractivity contribution in [3.05, 3.63) is 86.6 Å². The van der Waals surface area contributed by atoms with Crippen molar-refractivity contribution in [1.82, 2.24) is 20.3 Å². The molecule has 3 amide bonds. The Balaban J connectivity index is 1.55. The molecule has 4 rings (SSSR count). The predicted molar refractivity (Wildman–Crippen MR) is 135 cm³/mol. The standard InChI is InChI=1S/C25H23BrN4O4S/c1-14-8-9-16(15(2)10-14)11-17(28-22(31)21-20(26)12-27-25(29-21)35-3)13-34-30-23(32)18-6-4-5-7-19(18)24(30)33/h4-10,12,17H,11,13H2,1-3H3,(H,28,31). The molecule has 1 N–H and O–H groups in total. The Morgan fingerprint density at radius 3 is 2.46 bits per heavy atom. The topological polar surface area (TPSA) is 101 Å². The molecule has 0 radical (unpaired) electrons. The SMILES string of the molecule is CSc1ncc(Br)c(C(=O)NC(CON2C(=O)c3ccccc3C2=O)Cc2ccc(C)cc2C)n1. The van der Waals surface area contributed by atoms with Crippen LogP contribution in [0.3, 0.4) is 0 Å². The molecule has 1 aromatic heterocycles. The summed E-state index contributed by atoms with van der Waals surface area (Å²) >= 11 is 4.66. The number of hydroxylamine groups is 2. The fourth-order valence-corrected chi connectivity index (χ4v) is 4.51. The molecule has 0 aliphatic carbocycles. The van der Waals surface area contributed by atoms with E-state index in [2.05, 4.69) is 37.3 Å². The lowest BCUT2D eigenvalue weighted by Gasteiger charge is -2.22. The molecule has 180 valence electrons. The average molecular weight is 555 g/mol. The molecular formula is C25H23BrN4O4S. The summed E-state index contributed by atoms with van der Waals surface area (Å²) in [5, 5.41) is 4.17. The Kier molecular flexibility index (Phi) is 7.63. The first-order chi connectivity index (χ1) is 16.8. The summed E-state index contributed by atoms with van der Waals surface area (Å²) in [5.41, 5.74) is 3.99. The van der Waals surface area contributed by atoms with Crippen LogP contribution in [0, 0.1) is 13.8 Å². The first-order valence-corrected chi connectivity index (χ1v) is 12.8. The van der Waals surface area contributed by atoms with Crippen molar-refractivity contribution in [3.63, 3.8) is 0 Å². The summed E-state index contributed by atoms with van der Waals surface area (Å²) in [5.74, 6) is -1.47. The third kappa shape index (κ3) is 5.44. The van der Waals surface area contributed by atoms with Crippen LogP contribution in [-0.2, 0) is 11.3 Å². The van der Waals surface area contributed by atoms with Crippen LogP contribution in [0.4, 0.5) is 0 Å². The number of halogens is 1. The minimum Gasteiger partial charge on any atom is -0.345 e. The van der Waals surface area contributed by atoms with Gasteiger partial charge in [0.25, 0.3) is 17.7 Å². The maximum absolute atomic E-state index is 13.1. The molecule has 10 heteroatoms. The second kappa shape index (κ2) is 10.7. The zero-order chi connectivity index (χ0) is 25.1. The van der Waals surface area contributed by atoms with Crippen molar-refractivity contribution >= 4 is 45.4 Å². The molecule has 0 spiro atoms. The van der Waals surface area contributed by atoms with E-state index in [1.807, 2.05) is 32.2 Å². The number of nitrogens with one attached hydrogen (secondary N) is 1. The van der Waals surface area contributed by atoms with Crippen LogP contribution in [0.5, 0.6) is 0 Å². The van der Waals surface area contributed by atoms with Gasteiger partial charge in [0, 0.05) is 6.20 Å². The number of aryl methyl sites for hydroxylation is 2. The minimum atomic E-state index is -0.548. The molecule has 0 saturated heterocycles. The highest BCUT2D eigenvalue weighted by molar-refractivity contribution is 9.10. The molecule has 3 aromatic rings. The summed E-state index contributed by atoms with van der Waals surface area (Å²) < 4.78 is 0.458. The zero-order valence-electron chi connectivity index (χ0n) is 19.4. The first-order valence-electron chi connectivity index (χ1n) is 10.8. The number of aromatic nitrogens is 2. The number of hydrogen-bond acceptors (Lipinski definition) is 7. The highest BCUT2D eigenvalue weighted by atomic mass is 79.9. The smallest absolute Gasteiger partial charge is 0.285 e. The molecule has 35 heavy (non-hydrogen) atoms. The maximum atomic E-state index is 13.1. The largest absolute Gasteiger partial charge is 0.345 e. The van der Waals surface area contributed by atoms with Gasteiger partial charge in [-0.15, -0.1) is 5.06 Å². The lowest BCUT2D eigenvalue weighted by atomic mass is 9.99. The molecule has 2 heterocycles. The number of nitrogens with zero attached hydrogens (tertiary/aromatic N) is 3. The van der Waals surface area contributed by atoms with Crippen LogP contribution in [0.2, 0.25) is 0 Å². The van der Waals surface area contributed by atoms with E-state index in [1.54, 1.807) is 24.3 Å². The zero-order valence-corrected chi connectivity index (χ0v) is 21.8. The number of fused-ring (bicyclic) bond motifs is 1. The van der Waals surface area contributed by atoms with Crippen molar-refractivity contribution in [1.29, 1.82) is 0 Å². The molecule has 2 aromatic carbocycles. The quantitative estimate of drug-likeness (QED) is 0.253. The van der Waals surface area contributed by atoms with Crippen LogP contribution in [0.25, 0.3) is 0 Å². The molecule has 0 saturated carbocycles. The second-order valence-corrected chi connectivity index (χ2v) is 9.73. The maximum Gasteiger partial charge on any atom is 0.285 e. The van der Waals surface area contributed by atoms with Crippen LogP contribution >= 0.6 is 27.7 Å². The van der Waals surface area contributed by atoms with Gasteiger partial charge in [0.15, 0.2) is 5.16 Å². The number of amides is 3. The number of rotatable bonds is 8. The highest BCUT2D eigenvalue weighted by Crippen LogP contribution is 2.23. The minimum absolute atomic E-state index is 0.0946. The van der Waals surface area contributed by atoms with Gasteiger partial charge in [0.2, 0.25) is 0 Å². The first kappa shape index (κ1) is 25.0. The number of carbonyl (C=O) groups is 3. The Bertz CT molecular complexity index is 1280. The van der Waals surface area contributed by atoms with E-state index in [0.29, 0.717) is 27.2 Å². The highest BCUT2D eigenvalue weighted by Gasteiger charge is 2.37. The van der Waals surface area contributed by atoms with Crippen molar-refractivity contribution in [2.45, 2.75) is 31.5 Å². The molecule has 0 bridgehead atoms. The summed E-state index contributed by atoms with van der Waals surface area (Å²) in [6, 6.07) is 12.1. The fourth-order valence-electron chi connectivity index (χ4n) is 3.80. The van der Waals surface area contributed by atoms with E-state index >= 15 is 0 Å². The van der Waals surface area contributed by atoms with Crippen LogP contribution < -0.4 is 5.32 Å². The average Bonchev–Trinajstić information content (AvgIpc) is 3.09. The summed E-state index contributed by atoms with van der Waals surface area (Å²) in [6.45, 7) is 3.91. The van der Waals surface area contributed by atoms with Gasteiger partial charge in [0.1, 0.15) is 5.69 Å². The van der Waals surface area contributed by atoms with Crippen LogP contribution in [0.1, 0.15) is 47.9 Å². The van der Waals surface area contributed by atoms with Gasteiger partial charge in [-0.1, -0.05) is 47.7 Å². The van der Waals surface area contributed by atoms with E-state index in [1.165, 1.54) is 18.0 Å². The Labute approximate surface area is 215 Å². The molecular weight excluding hydrogens is 532 g/mol. The molecule has 1 aliphatic heterocycles. The third-order valence-electron chi connectivity index (χ3n) is 5.58. The fraction of sp³-hybridized carbons (Fsp3) is 0.240. The third-order valence-corrected chi connectivity index (χ3v) is 6.72. The predicted octanol–water partition coefficient (Wildman–Crippen LogP) is 4.15. The van der Waals surface area contributed by atoms with Crippen molar-refractivity contribution < 1.29 is 19.2 Å². The number of thioether (sulfide) groups is 1. The van der Waals surface area contributed by atoms with Crippen LogP contribution in [-0.4, -0.2) is 51.7 Å². The Morgan fingerprint density at radius 1 is 1.14 bits per heavy atom. The van der Waals surface area contributed by atoms with E-state index in [-0.39, 0.29) is 12.3 Å². The molecule has 8 nitrogen and oxygen atoms in total. The van der Waals surface area contributed by atoms with Gasteiger partial charge >= 0.3 is 0 Å².